The summed E-state index contributed by atoms with van der Waals surface area (Å²) < 4.78 is 18.4. The topological polar surface area (TPSA) is 129 Å². The van der Waals surface area contributed by atoms with Crippen molar-refractivity contribution in [1.82, 2.24) is 20.9 Å². The lowest BCUT2D eigenvalue weighted by Gasteiger charge is -2.18. The van der Waals surface area contributed by atoms with Crippen molar-refractivity contribution in [1.29, 1.82) is 0 Å². The minimum Gasteiger partial charge on any atom is -0.467 e. The van der Waals surface area contributed by atoms with Crippen LogP contribution in [0.5, 0.6) is 0 Å². The number of hydrogen-bond acceptors (Lipinski definition) is 5. The molecule has 2 heterocycles. The second-order valence-electron chi connectivity index (χ2n) is 6.72. The van der Waals surface area contributed by atoms with Gasteiger partial charge in [0.1, 0.15) is 17.6 Å². The van der Waals surface area contributed by atoms with Crippen molar-refractivity contribution in [2.45, 2.75) is 18.9 Å². The Bertz CT molecular complexity index is 957. The SMILES string of the molecule is COC(=O)C(CC1CCNC1=O)NC(=O)CNC(=O)c1cc2c(F)cccc2[nH]1. The van der Waals surface area contributed by atoms with E-state index >= 15 is 0 Å². The third-order valence-electron chi connectivity index (χ3n) is 4.77. The Labute approximate surface area is 165 Å². The lowest BCUT2D eigenvalue weighted by molar-refractivity contribution is -0.145. The minimum atomic E-state index is -1.000. The van der Waals surface area contributed by atoms with E-state index in [2.05, 4.69) is 25.7 Å². The lowest BCUT2D eigenvalue weighted by Crippen LogP contribution is -2.47. The molecule has 1 aromatic heterocycles. The second-order valence-corrected chi connectivity index (χ2v) is 6.72. The number of nitrogens with one attached hydrogen (secondary N) is 4. The van der Waals surface area contributed by atoms with Crippen molar-refractivity contribution in [3.63, 3.8) is 0 Å². The zero-order valence-electron chi connectivity index (χ0n) is 15.7. The van der Waals surface area contributed by atoms with Gasteiger partial charge in [-0.15, -0.1) is 0 Å². The highest BCUT2D eigenvalue weighted by Crippen LogP contribution is 2.19. The number of amides is 3. The van der Waals surface area contributed by atoms with Gasteiger partial charge in [0.2, 0.25) is 11.8 Å². The van der Waals surface area contributed by atoms with Gasteiger partial charge in [-0.3, -0.25) is 14.4 Å². The van der Waals surface area contributed by atoms with Gasteiger partial charge in [0.05, 0.1) is 13.7 Å². The smallest absolute Gasteiger partial charge is 0.328 e. The Morgan fingerprint density at radius 3 is 2.79 bits per heavy atom. The number of benzene rings is 1. The van der Waals surface area contributed by atoms with Gasteiger partial charge in [0.15, 0.2) is 0 Å². The summed E-state index contributed by atoms with van der Waals surface area (Å²) in [5.74, 6) is -2.92. The third kappa shape index (κ3) is 4.71. The molecule has 29 heavy (non-hydrogen) atoms. The zero-order valence-corrected chi connectivity index (χ0v) is 15.7. The summed E-state index contributed by atoms with van der Waals surface area (Å²) in [7, 11) is 1.19. The fourth-order valence-electron chi connectivity index (χ4n) is 3.25. The zero-order chi connectivity index (χ0) is 21.0. The fraction of sp³-hybridized carbons (Fsp3) is 0.368. The van der Waals surface area contributed by atoms with Gasteiger partial charge in [-0.05, 0) is 31.0 Å². The standard InChI is InChI=1S/C19H21FN4O5/c1-29-19(28)15(7-10-5-6-21-17(10)26)24-16(25)9-22-18(27)14-8-11-12(20)3-2-4-13(11)23-14/h2-4,8,10,15,23H,5-7,9H2,1H3,(H,21,26)(H,22,27)(H,24,25). The molecule has 1 fully saturated rings. The molecular formula is C19H21FN4O5. The van der Waals surface area contributed by atoms with Crippen molar-refractivity contribution in [3.05, 3.63) is 35.8 Å². The number of methoxy groups -OCH3 is 1. The number of carbonyl (C=O) groups excluding carboxylic acids is 4. The first-order valence-corrected chi connectivity index (χ1v) is 9.09. The van der Waals surface area contributed by atoms with Crippen LogP contribution in [0.15, 0.2) is 24.3 Å². The van der Waals surface area contributed by atoms with Crippen molar-refractivity contribution >= 4 is 34.6 Å². The quantitative estimate of drug-likeness (QED) is 0.491. The summed E-state index contributed by atoms with van der Waals surface area (Å²) in [5, 5.41) is 7.82. The molecule has 0 aliphatic carbocycles. The Balaban J connectivity index is 1.57. The molecule has 9 nitrogen and oxygen atoms in total. The third-order valence-corrected chi connectivity index (χ3v) is 4.77. The molecule has 0 bridgehead atoms. The number of halogens is 1. The van der Waals surface area contributed by atoms with E-state index in [4.69, 9.17) is 0 Å². The maximum absolute atomic E-state index is 13.7. The van der Waals surface area contributed by atoms with E-state index in [1.165, 1.54) is 25.3 Å². The molecule has 10 heteroatoms. The van der Waals surface area contributed by atoms with Gasteiger partial charge in [-0.25, -0.2) is 9.18 Å². The number of aromatic amines is 1. The van der Waals surface area contributed by atoms with Crippen molar-refractivity contribution < 1.29 is 28.3 Å². The number of esters is 1. The highest BCUT2D eigenvalue weighted by molar-refractivity contribution is 5.99. The first-order valence-electron chi connectivity index (χ1n) is 9.09. The van der Waals surface area contributed by atoms with Crippen LogP contribution >= 0.6 is 0 Å². The Kier molecular flexibility index (Phi) is 6.10. The second kappa shape index (κ2) is 8.72. The van der Waals surface area contributed by atoms with Gasteiger partial charge in [-0.1, -0.05) is 6.07 Å². The molecule has 0 saturated carbocycles. The summed E-state index contributed by atoms with van der Waals surface area (Å²) in [6, 6.07) is 4.78. The average molecular weight is 404 g/mol. The van der Waals surface area contributed by atoms with Gasteiger partial charge in [0.25, 0.3) is 5.91 Å². The maximum atomic E-state index is 13.7. The molecule has 1 aromatic carbocycles. The van der Waals surface area contributed by atoms with E-state index in [0.29, 0.717) is 18.5 Å². The molecule has 0 spiro atoms. The van der Waals surface area contributed by atoms with Crippen LogP contribution in [-0.2, 0) is 19.1 Å². The molecule has 4 N–H and O–H groups in total. The van der Waals surface area contributed by atoms with Gasteiger partial charge in [0, 0.05) is 23.4 Å². The van der Waals surface area contributed by atoms with Crippen LogP contribution < -0.4 is 16.0 Å². The molecule has 2 atom stereocenters. The van der Waals surface area contributed by atoms with Crippen LogP contribution in [0.1, 0.15) is 23.3 Å². The van der Waals surface area contributed by atoms with Crippen molar-refractivity contribution in [2.24, 2.45) is 5.92 Å². The van der Waals surface area contributed by atoms with E-state index in [9.17, 15) is 23.6 Å². The predicted molar refractivity (Wildman–Crippen MR) is 100 cm³/mol. The number of aromatic nitrogens is 1. The minimum absolute atomic E-state index is 0.102. The molecular weight excluding hydrogens is 383 g/mol. The number of hydrogen-bond donors (Lipinski definition) is 4. The van der Waals surface area contributed by atoms with E-state index < -0.39 is 42.1 Å². The van der Waals surface area contributed by atoms with Crippen molar-refractivity contribution in [2.75, 3.05) is 20.2 Å². The Morgan fingerprint density at radius 1 is 1.34 bits per heavy atom. The van der Waals surface area contributed by atoms with Gasteiger partial charge >= 0.3 is 5.97 Å². The monoisotopic (exact) mass is 404 g/mol. The first-order chi connectivity index (χ1) is 13.9. The maximum Gasteiger partial charge on any atom is 0.328 e. The molecule has 2 aromatic rings. The van der Waals surface area contributed by atoms with E-state index in [-0.39, 0.29) is 23.4 Å². The van der Waals surface area contributed by atoms with Crippen LogP contribution in [0.4, 0.5) is 4.39 Å². The van der Waals surface area contributed by atoms with Crippen molar-refractivity contribution in [3.8, 4) is 0 Å². The van der Waals surface area contributed by atoms with Gasteiger partial charge in [-0.2, -0.15) is 0 Å². The van der Waals surface area contributed by atoms with Crippen LogP contribution in [0.3, 0.4) is 0 Å². The molecule has 3 rings (SSSR count). The van der Waals surface area contributed by atoms with Crippen LogP contribution in [0.25, 0.3) is 10.9 Å². The number of rotatable bonds is 7. The van der Waals surface area contributed by atoms with Crippen LogP contribution in [0.2, 0.25) is 0 Å². The van der Waals surface area contributed by atoms with E-state index in [1.54, 1.807) is 6.07 Å². The largest absolute Gasteiger partial charge is 0.467 e. The predicted octanol–water partition coefficient (Wildman–Crippen LogP) is 0.221. The lowest BCUT2D eigenvalue weighted by atomic mass is 9.98. The highest BCUT2D eigenvalue weighted by atomic mass is 19.1. The molecule has 1 saturated heterocycles. The van der Waals surface area contributed by atoms with Crippen LogP contribution in [-0.4, -0.2) is 54.9 Å². The number of carbonyl (C=O) groups is 4. The summed E-state index contributed by atoms with van der Waals surface area (Å²) in [6.45, 7) is 0.119. The number of H-pyrrole nitrogens is 1. The normalized spacial score (nSPS) is 16.9. The van der Waals surface area contributed by atoms with E-state index in [1.807, 2.05) is 0 Å². The Hall–Kier alpha value is -3.43. The average Bonchev–Trinajstić information content (AvgIpc) is 3.32. The summed E-state index contributed by atoms with van der Waals surface area (Å²) in [5.41, 5.74) is 0.560. The van der Waals surface area contributed by atoms with E-state index in [0.717, 1.165) is 0 Å². The molecule has 2 unspecified atom stereocenters. The number of fused-ring (bicyclic) bond motifs is 1. The number of ether oxygens (including phenoxy) is 1. The Morgan fingerprint density at radius 2 is 2.14 bits per heavy atom. The summed E-state index contributed by atoms with van der Waals surface area (Å²) in [6.07, 6.45) is 0.676. The molecule has 1 aliphatic rings. The highest BCUT2D eigenvalue weighted by Gasteiger charge is 2.31. The van der Waals surface area contributed by atoms with Gasteiger partial charge < -0.3 is 25.7 Å². The first kappa shape index (κ1) is 20.3. The summed E-state index contributed by atoms with van der Waals surface area (Å²) >= 11 is 0. The van der Waals surface area contributed by atoms with Crippen LogP contribution in [0, 0.1) is 11.7 Å². The summed E-state index contributed by atoms with van der Waals surface area (Å²) in [4.78, 5) is 50.9. The molecule has 154 valence electrons. The molecule has 1 aliphatic heterocycles. The molecule has 0 radical (unpaired) electrons. The fourth-order valence-corrected chi connectivity index (χ4v) is 3.25. The molecule has 3 amide bonds.